The third kappa shape index (κ3) is 2.29. The number of halogens is 1. The molecule has 0 amide bonds. The molecule has 0 saturated heterocycles. The second-order valence-corrected chi connectivity index (χ2v) is 4.24. The lowest BCUT2D eigenvalue weighted by atomic mass is 10.2. The minimum absolute atomic E-state index is 0.483. The minimum Gasteiger partial charge on any atom is -0.243 e. The van der Waals surface area contributed by atoms with Crippen LogP contribution >= 0.6 is 11.6 Å². The summed E-state index contributed by atoms with van der Waals surface area (Å²) in [5.74, 6) is 0.653. The van der Waals surface area contributed by atoms with Gasteiger partial charge in [-0.1, -0.05) is 23.7 Å². The quantitative estimate of drug-likeness (QED) is 0.786. The summed E-state index contributed by atoms with van der Waals surface area (Å²) in [5, 5.41) is 8.46. The highest BCUT2D eigenvalue weighted by Crippen LogP contribution is 2.24. The maximum absolute atomic E-state index is 6.06. The van der Waals surface area contributed by atoms with Gasteiger partial charge in [0, 0.05) is 12.1 Å². The zero-order chi connectivity index (χ0) is 12.4. The van der Waals surface area contributed by atoms with Crippen molar-refractivity contribution < 1.29 is 0 Å². The molecule has 2 heterocycles. The summed E-state index contributed by atoms with van der Waals surface area (Å²) < 4.78 is 1.84. The minimum atomic E-state index is 0.483. The van der Waals surface area contributed by atoms with Crippen LogP contribution < -0.4 is 0 Å². The van der Waals surface area contributed by atoms with Crippen molar-refractivity contribution in [2.24, 2.45) is 0 Å². The van der Waals surface area contributed by atoms with E-state index >= 15 is 0 Å². The molecule has 0 atom stereocenters. The summed E-state index contributed by atoms with van der Waals surface area (Å²) in [6, 6.07) is 0. The number of rotatable bonds is 3. The molecule has 0 fully saturated rings. The SMILES string of the molecule is CCCn1nncc1-c1nc(C)nc(Cl)c1C. The fraction of sp³-hybridized carbons (Fsp3) is 0.455. The van der Waals surface area contributed by atoms with E-state index in [-0.39, 0.29) is 0 Å². The van der Waals surface area contributed by atoms with Crippen molar-refractivity contribution in [1.82, 2.24) is 25.0 Å². The van der Waals surface area contributed by atoms with Gasteiger partial charge in [-0.05, 0) is 20.3 Å². The average molecular weight is 252 g/mol. The average Bonchev–Trinajstić information content (AvgIpc) is 2.72. The molecule has 0 saturated carbocycles. The van der Waals surface area contributed by atoms with E-state index in [4.69, 9.17) is 11.6 Å². The van der Waals surface area contributed by atoms with Crippen LogP contribution in [0.5, 0.6) is 0 Å². The van der Waals surface area contributed by atoms with Crippen molar-refractivity contribution in [2.45, 2.75) is 33.7 Å². The van der Waals surface area contributed by atoms with Crippen LogP contribution in [0.3, 0.4) is 0 Å². The topological polar surface area (TPSA) is 56.5 Å². The van der Waals surface area contributed by atoms with Gasteiger partial charge < -0.3 is 0 Å². The first-order valence-electron chi connectivity index (χ1n) is 5.53. The van der Waals surface area contributed by atoms with E-state index in [2.05, 4.69) is 27.2 Å². The molecule has 0 aliphatic rings. The van der Waals surface area contributed by atoms with Crippen LogP contribution in [0.2, 0.25) is 5.15 Å². The molecule has 2 aromatic rings. The number of hydrogen-bond acceptors (Lipinski definition) is 4. The molecular weight excluding hydrogens is 238 g/mol. The van der Waals surface area contributed by atoms with E-state index in [0.29, 0.717) is 11.0 Å². The van der Waals surface area contributed by atoms with Gasteiger partial charge in [0.05, 0.1) is 11.9 Å². The molecule has 0 spiro atoms. The molecule has 2 rings (SSSR count). The Morgan fingerprint density at radius 2 is 2.06 bits per heavy atom. The van der Waals surface area contributed by atoms with E-state index in [1.165, 1.54) is 0 Å². The first-order valence-corrected chi connectivity index (χ1v) is 5.91. The summed E-state index contributed by atoms with van der Waals surface area (Å²) in [5.41, 5.74) is 2.55. The number of aryl methyl sites for hydroxylation is 2. The Morgan fingerprint density at radius 3 is 2.76 bits per heavy atom. The van der Waals surface area contributed by atoms with Gasteiger partial charge in [-0.2, -0.15) is 0 Å². The second-order valence-electron chi connectivity index (χ2n) is 3.88. The number of aromatic nitrogens is 5. The lowest BCUT2D eigenvalue weighted by Gasteiger charge is -2.08. The van der Waals surface area contributed by atoms with Crippen LogP contribution in [0.25, 0.3) is 11.4 Å². The Morgan fingerprint density at radius 1 is 1.29 bits per heavy atom. The van der Waals surface area contributed by atoms with Gasteiger partial charge in [-0.3, -0.25) is 0 Å². The highest BCUT2D eigenvalue weighted by molar-refractivity contribution is 6.30. The van der Waals surface area contributed by atoms with Crippen LogP contribution in [0.15, 0.2) is 6.20 Å². The molecule has 17 heavy (non-hydrogen) atoms. The van der Waals surface area contributed by atoms with E-state index in [9.17, 15) is 0 Å². The summed E-state index contributed by atoms with van der Waals surface area (Å²) in [7, 11) is 0. The molecular formula is C11H14ClN5. The van der Waals surface area contributed by atoms with Gasteiger partial charge in [-0.15, -0.1) is 5.10 Å². The standard InChI is InChI=1S/C11H14ClN5/c1-4-5-17-9(6-13-16-17)10-7(2)11(12)15-8(3)14-10/h6H,4-5H2,1-3H3. The first kappa shape index (κ1) is 12.0. The van der Waals surface area contributed by atoms with Gasteiger partial charge in [0.1, 0.15) is 16.7 Å². The maximum atomic E-state index is 6.06. The highest BCUT2D eigenvalue weighted by Gasteiger charge is 2.14. The normalized spacial score (nSPS) is 10.8. The smallest absolute Gasteiger partial charge is 0.136 e. The molecule has 2 aromatic heterocycles. The molecule has 0 bridgehead atoms. The highest BCUT2D eigenvalue weighted by atomic mass is 35.5. The molecule has 90 valence electrons. The van der Waals surface area contributed by atoms with Crippen molar-refractivity contribution in [2.75, 3.05) is 0 Å². The number of hydrogen-bond donors (Lipinski definition) is 0. The summed E-state index contributed by atoms with van der Waals surface area (Å²) in [6.07, 6.45) is 2.70. The predicted molar refractivity (Wildman–Crippen MR) is 65.8 cm³/mol. The summed E-state index contributed by atoms with van der Waals surface area (Å²) in [6.45, 7) is 6.63. The third-order valence-corrected chi connectivity index (χ3v) is 2.86. The van der Waals surface area contributed by atoms with Gasteiger partial charge in [0.15, 0.2) is 0 Å². The molecule has 0 radical (unpaired) electrons. The van der Waals surface area contributed by atoms with E-state index in [0.717, 1.165) is 29.9 Å². The van der Waals surface area contributed by atoms with Crippen LogP contribution in [-0.4, -0.2) is 25.0 Å². The molecule has 0 aliphatic heterocycles. The summed E-state index contributed by atoms with van der Waals surface area (Å²) in [4.78, 5) is 8.55. The first-order chi connectivity index (χ1) is 8.13. The monoisotopic (exact) mass is 251 g/mol. The van der Waals surface area contributed by atoms with Crippen LogP contribution in [-0.2, 0) is 6.54 Å². The molecule has 0 aliphatic carbocycles. The van der Waals surface area contributed by atoms with Crippen molar-refractivity contribution >= 4 is 11.6 Å². The third-order valence-electron chi connectivity index (χ3n) is 2.49. The Balaban J connectivity index is 2.56. The molecule has 5 nitrogen and oxygen atoms in total. The predicted octanol–water partition coefficient (Wildman–Crippen LogP) is 2.42. The summed E-state index contributed by atoms with van der Waals surface area (Å²) >= 11 is 6.06. The fourth-order valence-electron chi connectivity index (χ4n) is 1.66. The van der Waals surface area contributed by atoms with Crippen molar-refractivity contribution in [3.63, 3.8) is 0 Å². The van der Waals surface area contributed by atoms with Crippen molar-refractivity contribution in [3.8, 4) is 11.4 Å². The molecule has 6 heteroatoms. The van der Waals surface area contributed by atoms with Crippen molar-refractivity contribution in [1.29, 1.82) is 0 Å². The van der Waals surface area contributed by atoms with Crippen molar-refractivity contribution in [3.05, 3.63) is 22.7 Å². The van der Waals surface area contributed by atoms with Gasteiger partial charge in [-0.25, -0.2) is 14.6 Å². The molecule has 0 aromatic carbocycles. The maximum Gasteiger partial charge on any atom is 0.136 e. The van der Waals surface area contributed by atoms with Crippen LogP contribution in [0.1, 0.15) is 24.7 Å². The molecule has 0 N–H and O–H groups in total. The van der Waals surface area contributed by atoms with E-state index in [1.54, 1.807) is 6.20 Å². The Bertz CT molecular complexity index is 535. The lowest BCUT2D eigenvalue weighted by molar-refractivity contribution is 0.583. The Kier molecular flexibility index (Phi) is 3.38. The zero-order valence-corrected chi connectivity index (χ0v) is 10.9. The zero-order valence-electron chi connectivity index (χ0n) is 10.1. The van der Waals surface area contributed by atoms with Crippen LogP contribution in [0.4, 0.5) is 0 Å². The number of nitrogens with zero attached hydrogens (tertiary/aromatic N) is 5. The second kappa shape index (κ2) is 4.79. The van der Waals surface area contributed by atoms with Crippen LogP contribution in [0, 0.1) is 13.8 Å². The fourth-order valence-corrected chi connectivity index (χ4v) is 1.87. The Hall–Kier alpha value is -1.49. The Labute approximate surface area is 105 Å². The van der Waals surface area contributed by atoms with E-state index < -0.39 is 0 Å². The van der Waals surface area contributed by atoms with Gasteiger partial charge >= 0.3 is 0 Å². The molecule has 0 unspecified atom stereocenters. The van der Waals surface area contributed by atoms with Gasteiger partial charge in [0.25, 0.3) is 0 Å². The largest absolute Gasteiger partial charge is 0.243 e. The van der Waals surface area contributed by atoms with E-state index in [1.807, 2.05) is 18.5 Å². The van der Waals surface area contributed by atoms with Gasteiger partial charge in [0.2, 0.25) is 0 Å². The lowest BCUT2D eigenvalue weighted by Crippen LogP contribution is -2.05.